The first-order valence-corrected chi connectivity index (χ1v) is 6.56. The lowest BCUT2D eigenvalue weighted by Crippen LogP contribution is -2.41. The van der Waals surface area contributed by atoms with Crippen molar-refractivity contribution < 1.29 is 4.79 Å². The summed E-state index contributed by atoms with van der Waals surface area (Å²) in [7, 11) is 0. The van der Waals surface area contributed by atoms with Gasteiger partial charge in [0.05, 0.1) is 11.1 Å². The van der Waals surface area contributed by atoms with Crippen LogP contribution in [0.5, 0.6) is 0 Å². The van der Waals surface area contributed by atoms with Crippen LogP contribution in [0.4, 0.5) is 5.82 Å². The van der Waals surface area contributed by atoms with E-state index in [2.05, 4.69) is 11.1 Å². The number of nitriles is 1. The van der Waals surface area contributed by atoms with E-state index >= 15 is 0 Å². The van der Waals surface area contributed by atoms with Crippen molar-refractivity contribution in [1.29, 1.82) is 5.26 Å². The minimum atomic E-state index is -0.365. The molecule has 0 spiro atoms. The summed E-state index contributed by atoms with van der Waals surface area (Å²) in [4.78, 5) is 17.9. The number of aromatic nitrogens is 1. The first-order valence-electron chi connectivity index (χ1n) is 6.56. The Hall–Kier alpha value is -2.61. The molecule has 5 heteroatoms. The lowest BCUT2D eigenvalue weighted by Gasteiger charge is -2.24. The zero-order chi connectivity index (χ0) is 14.1. The summed E-state index contributed by atoms with van der Waals surface area (Å²) in [5.74, 6) is 0.203. The fourth-order valence-electron chi connectivity index (χ4n) is 2.72. The van der Waals surface area contributed by atoms with Gasteiger partial charge in [0.15, 0.2) is 0 Å². The van der Waals surface area contributed by atoms with E-state index in [0.717, 1.165) is 17.3 Å². The third kappa shape index (κ3) is 1.95. The zero-order valence-electron chi connectivity index (χ0n) is 10.9. The van der Waals surface area contributed by atoms with Gasteiger partial charge in [-0.1, -0.05) is 18.2 Å². The number of carbonyl (C=O) groups excluding carboxylic acids is 1. The molecule has 0 saturated carbocycles. The number of benzene rings is 1. The fourth-order valence-corrected chi connectivity index (χ4v) is 2.72. The minimum absolute atomic E-state index is 0.360. The number of hydrogen-bond acceptors (Lipinski definition) is 4. The summed E-state index contributed by atoms with van der Waals surface area (Å²) in [6, 6.07) is 11.2. The number of nitrogens with zero attached hydrogens (tertiary/aromatic N) is 3. The smallest absolute Gasteiger partial charge is 0.240 e. The number of anilines is 1. The van der Waals surface area contributed by atoms with E-state index in [9.17, 15) is 10.1 Å². The summed E-state index contributed by atoms with van der Waals surface area (Å²) in [6.07, 6.45) is 1.60. The third-order valence-electron chi connectivity index (χ3n) is 3.68. The highest BCUT2D eigenvalue weighted by molar-refractivity contribution is 5.87. The molecule has 1 aromatic heterocycles. The molecule has 5 nitrogen and oxygen atoms in total. The number of rotatable bonds is 2. The van der Waals surface area contributed by atoms with Crippen molar-refractivity contribution in [3.8, 4) is 6.07 Å². The summed E-state index contributed by atoms with van der Waals surface area (Å²) in [5.41, 5.74) is 6.74. The van der Waals surface area contributed by atoms with Gasteiger partial charge in [-0.15, -0.1) is 0 Å². The second-order valence-electron chi connectivity index (χ2n) is 4.92. The number of fused-ring (bicyclic) bond motifs is 1. The Labute approximate surface area is 116 Å². The Morgan fingerprint density at radius 3 is 3.00 bits per heavy atom. The topological polar surface area (TPSA) is 83.0 Å². The third-order valence-corrected chi connectivity index (χ3v) is 3.68. The SMILES string of the molecule is N#Cc1cc2ccccc2nc1N1CCCC1C(N)=O. The highest BCUT2D eigenvalue weighted by Gasteiger charge is 2.31. The van der Waals surface area contributed by atoms with Crippen molar-refractivity contribution in [1.82, 2.24) is 4.98 Å². The number of amides is 1. The molecule has 20 heavy (non-hydrogen) atoms. The van der Waals surface area contributed by atoms with Crippen LogP contribution in [0.15, 0.2) is 30.3 Å². The van der Waals surface area contributed by atoms with Crippen LogP contribution in [0.1, 0.15) is 18.4 Å². The molecule has 3 rings (SSSR count). The van der Waals surface area contributed by atoms with Crippen LogP contribution in [0, 0.1) is 11.3 Å². The van der Waals surface area contributed by atoms with Crippen LogP contribution in [0.3, 0.4) is 0 Å². The lowest BCUT2D eigenvalue weighted by atomic mass is 10.1. The highest BCUT2D eigenvalue weighted by Crippen LogP contribution is 2.29. The molecule has 1 aliphatic rings. The van der Waals surface area contributed by atoms with Gasteiger partial charge in [-0.25, -0.2) is 4.98 Å². The van der Waals surface area contributed by atoms with Crippen LogP contribution >= 0.6 is 0 Å². The second kappa shape index (κ2) is 4.82. The monoisotopic (exact) mass is 266 g/mol. The summed E-state index contributed by atoms with van der Waals surface area (Å²) < 4.78 is 0. The van der Waals surface area contributed by atoms with E-state index in [4.69, 9.17) is 5.73 Å². The average Bonchev–Trinajstić information content (AvgIpc) is 2.95. The van der Waals surface area contributed by atoms with Gasteiger partial charge in [-0.3, -0.25) is 4.79 Å². The van der Waals surface area contributed by atoms with E-state index in [0.29, 0.717) is 24.3 Å². The maximum absolute atomic E-state index is 11.5. The molecular weight excluding hydrogens is 252 g/mol. The summed E-state index contributed by atoms with van der Waals surface area (Å²) in [6.45, 7) is 0.702. The van der Waals surface area contributed by atoms with Crippen LogP contribution in [0.25, 0.3) is 10.9 Å². The molecule has 100 valence electrons. The molecule has 1 atom stereocenters. The molecule has 0 aliphatic carbocycles. The molecule has 1 aliphatic heterocycles. The predicted molar refractivity (Wildman–Crippen MR) is 76.0 cm³/mol. The van der Waals surface area contributed by atoms with E-state index in [1.807, 2.05) is 35.2 Å². The van der Waals surface area contributed by atoms with E-state index < -0.39 is 0 Å². The van der Waals surface area contributed by atoms with Crippen LogP contribution in [-0.4, -0.2) is 23.5 Å². The van der Waals surface area contributed by atoms with Crippen molar-refractivity contribution in [2.75, 3.05) is 11.4 Å². The highest BCUT2D eigenvalue weighted by atomic mass is 16.1. The van der Waals surface area contributed by atoms with Gasteiger partial charge in [0.1, 0.15) is 17.9 Å². The zero-order valence-corrected chi connectivity index (χ0v) is 10.9. The number of para-hydroxylation sites is 1. The molecule has 0 bridgehead atoms. The van der Waals surface area contributed by atoms with Gasteiger partial charge in [-0.2, -0.15) is 5.26 Å². The lowest BCUT2D eigenvalue weighted by molar-refractivity contribution is -0.119. The van der Waals surface area contributed by atoms with Crippen molar-refractivity contribution in [2.45, 2.75) is 18.9 Å². The van der Waals surface area contributed by atoms with E-state index in [-0.39, 0.29) is 11.9 Å². The molecule has 1 amide bonds. The first kappa shape index (κ1) is 12.4. The second-order valence-corrected chi connectivity index (χ2v) is 4.92. The molecule has 1 aromatic carbocycles. The Morgan fingerprint density at radius 2 is 2.25 bits per heavy atom. The maximum atomic E-state index is 11.5. The number of pyridine rings is 1. The summed E-state index contributed by atoms with van der Waals surface area (Å²) in [5, 5.41) is 10.2. The fraction of sp³-hybridized carbons (Fsp3) is 0.267. The molecule has 2 heterocycles. The van der Waals surface area contributed by atoms with Crippen LogP contribution < -0.4 is 10.6 Å². The Balaban J connectivity index is 2.15. The standard InChI is InChI=1S/C15H14N4O/c16-9-11-8-10-4-1-2-5-12(10)18-15(11)19-7-3-6-13(19)14(17)20/h1-2,4-5,8,13H,3,6-7H2,(H2,17,20). The molecule has 1 fully saturated rings. The van der Waals surface area contributed by atoms with Crippen molar-refractivity contribution in [3.63, 3.8) is 0 Å². The molecule has 0 radical (unpaired) electrons. The molecular formula is C15H14N4O. The molecule has 2 N–H and O–H groups in total. The Bertz CT molecular complexity index is 719. The molecule has 1 saturated heterocycles. The number of carbonyl (C=O) groups is 1. The Morgan fingerprint density at radius 1 is 1.45 bits per heavy atom. The van der Waals surface area contributed by atoms with Gasteiger partial charge in [-0.05, 0) is 25.0 Å². The van der Waals surface area contributed by atoms with Gasteiger partial charge >= 0.3 is 0 Å². The molecule has 1 unspecified atom stereocenters. The van der Waals surface area contributed by atoms with Crippen molar-refractivity contribution in [2.24, 2.45) is 5.73 Å². The predicted octanol–water partition coefficient (Wildman–Crippen LogP) is 1.56. The normalized spacial score (nSPS) is 18.1. The largest absolute Gasteiger partial charge is 0.368 e. The van der Waals surface area contributed by atoms with E-state index in [1.54, 1.807) is 0 Å². The summed E-state index contributed by atoms with van der Waals surface area (Å²) >= 11 is 0. The van der Waals surface area contributed by atoms with Gasteiger partial charge < -0.3 is 10.6 Å². The van der Waals surface area contributed by atoms with Gasteiger partial charge in [0, 0.05) is 11.9 Å². The van der Waals surface area contributed by atoms with Crippen molar-refractivity contribution in [3.05, 3.63) is 35.9 Å². The molecule has 2 aromatic rings. The van der Waals surface area contributed by atoms with Crippen LogP contribution in [0.2, 0.25) is 0 Å². The maximum Gasteiger partial charge on any atom is 0.240 e. The van der Waals surface area contributed by atoms with Gasteiger partial charge in [0.2, 0.25) is 5.91 Å². The van der Waals surface area contributed by atoms with Gasteiger partial charge in [0.25, 0.3) is 0 Å². The number of nitrogens with two attached hydrogens (primary N) is 1. The Kier molecular flexibility index (Phi) is 2.99. The number of hydrogen-bond donors (Lipinski definition) is 1. The average molecular weight is 266 g/mol. The van der Waals surface area contributed by atoms with Crippen molar-refractivity contribution >= 4 is 22.6 Å². The number of primary amides is 1. The van der Waals surface area contributed by atoms with Crippen LogP contribution in [-0.2, 0) is 4.79 Å². The first-order chi connectivity index (χ1) is 9.70. The minimum Gasteiger partial charge on any atom is -0.368 e. The quantitative estimate of drug-likeness (QED) is 0.894. The van der Waals surface area contributed by atoms with E-state index in [1.165, 1.54) is 0 Å².